The van der Waals surface area contributed by atoms with E-state index in [2.05, 4.69) is 0 Å². The molecule has 0 aliphatic rings. The van der Waals surface area contributed by atoms with Gasteiger partial charge in [0, 0.05) is 11.3 Å². The highest BCUT2D eigenvalue weighted by Crippen LogP contribution is 2.32. The van der Waals surface area contributed by atoms with Gasteiger partial charge in [0.15, 0.2) is 0 Å². The molecule has 0 saturated heterocycles. The number of hydrogen-bond acceptors (Lipinski definition) is 5. The standard InChI is InChI=1S/C14H12N2O5S/c15-12-9-5-4-8-11(12)13(10-6-2-1-3-7-10)14(16(17)18)22(19,20)21/h1-9H,15H2,(H,19,20,21). The molecule has 0 radical (unpaired) electrons. The van der Waals surface area contributed by atoms with Crippen molar-refractivity contribution in [2.45, 2.75) is 0 Å². The molecule has 22 heavy (non-hydrogen) atoms. The maximum atomic E-state index is 11.5. The van der Waals surface area contributed by atoms with E-state index in [-0.39, 0.29) is 22.4 Å². The van der Waals surface area contributed by atoms with Crippen LogP contribution < -0.4 is 5.73 Å². The smallest absolute Gasteiger partial charge is 0.393 e. The van der Waals surface area contributed by atoms with E-state index >= 15 is 0 Å². The summed E-state index contributed by atoms with van der Waals surface area (Å²) in [6, 6.07) is 14.0. The van der Waals surface area contributed by atoms with E-state index in [9.17, 15) is 23.1 Å². The van der Waals surface area contributed by atoms with Crippen molar-refractivity contribution in [3.05, 3.63) is 80.9 Å². The minimum Gasteiger partial charge on any atom is -0.398 e. The summed E-state index contributed by atoms with van der Waals surface area (Å²) in [4.78, 5) is 10.1. The molecule has 0 heterocycles. The predicted octanol–water partition coefficient (Wildman–Crippen LogP) is 2.15. The largest absolute Gasteiger partial charge is 0.398 e. The van der Waals surface area contributed by atoms with Crippen molar-refractivity contribution in [1.82, 2.24) is 0 Å². The molecule has 7 nitrogen and oxygen atoms in total. The summed E-state index contributed by atoms with van der Waals surface area (Å²) in [7, 11) is -5.05. The molecule has 0 fully saturated rings. The van der Waals surface area contributed by atoms with E-state index in [1.807, 2.05) is 0 Å². The Balaban J connectivity index is 2.94. The average Bonchev–Trinajstić information content (AvgIpc) is 2.44. The van der Waals surface area contributed by atoms with Gasteiger partial charge < -0.3 is 5.73 Å². The van der Waals surface area contributed by atoms with Crippen molar-refractivity contribution in [2.75, 3.05) is 5.73 Å². The number of para-hydroxylation sites is 1. The van der Waals surface area contributed by atoms with Crippen LogP contribution in [-0.4, -0.2) is 17.9 Å². The van der Waals surface area contributed by atoms with Gasteiger partial charge in [-0.15, -0.1) is 0 Å². The normalized spacial score (nSPS) is 12.6. The van der Waals surface area contributed by atoms with E-state index in [0.717, 1.165) is 0 Å². The van der Waals surface area contributed by atoms with Crippen LogP contribution in [0.2, 0.25) is 0 Å². The maximum Gasteiger partial charge on any atom is 0.393 e. The number of rotatable bonds is 4. The molecule has 0 spiro atoms. The van der Waals surface area contributed by atoms with E-state index in [1.54, 1.807) is 30.3 Å². The van der Waals surface area contributed by atoms with Crippen LogP contribution in [0.1, 0.15) is 11.1 Å². The molecule has 114 valence electrons. The van der Waals surface area contributed by atoms with Gasteiger partial charge in [-0.1, -0.05) is 48.5 Å². The lowest BCUT2D eigenvalue weighted by Gasteiger charge is -2.11. The number of nitrogen functional groups attached to an aromatic ring is 1. The average molecular weight is 320 g/mol. The molecule has 0 aromatic heterocycles. The van der Waals surface area contributed by atoms with Crippen molar-refractivity contribution >= 4 is 21.4 Å². The lowest BCUT2D eigenvalue weighted by Crippen LogP contribution is -2.15. The summed E-state index contributed by atoms with van der Waals surface area (Å²) in [5.41, 5.74) is 6.11. The van der Waals surface area contributed by atoms with E-state index in [1.165, 1.54) is 24.3 Å². The van der Waals surface area contributed by atoms with Gasteiger partial charge in [-0.3, -0.25) is 14.7 Å². The van der Waals surface area contributed by atoms with Crippen molar-refractivity contribution in [3.63, 3.8) is 0 Å². The molecule has 0 saturated carbocycles. The van der Waals surface area contributed by atoms with Crippen molar-refractivity contribution < 1.29 is 17.9 Å². The Morgan fingerprint density at radius 2 is 1.59 bits per heavy atom. The van der Waals surface area contributed by atoms with Crippen molar-refractivity contribution in [3.8, 4) is 0 Å². The third kappa shape index (κ3) is 3.13. The summed E-state index contributed by atoms with van der Waals surface area (Å²) in [5, 5.41) is 9.90. The Labute approximate surface area is 126 Å². The van der Waals surface area contributed by atoms with Crippen molar-refractivity contribution in [2.24, 2.45) is 0 Å². The first-order valence-electron chi connectivity index (χ1n) is 6.09. The first-order valence-corrected chi connectivity index (χ1v) is 7.53. The SMILES string of the molecule is Nc1ccccc1C(=C([N+](=O)[O-])S(=O)(=O)O)c1ccccc1. The molecule has 3 N–H and O–H groups in total. The third-order valence-electron chi connectivity index (χ3n) is 2.92. The van der Waals surface area contributed by atoms with Crippen LogP contribution in [0.15, 0.2) is 59.6 Å². The molecule has 2 rings (SSSR count). The molecule has 0 atom stereocenters. The molecule has 0 unspecified atom stereocenters. The minimum absolute atomic E-state index is 0.151. The monoisotopic (exact) mass is 320 g/mol. The van der Waals surface area contributed by atoms with Crippen LogP contribution in [0.5, 0.6) is 0 Å². The van der Waals surface area contributed by atoms with E-state index in [0.29, 0.717) is 0 Å². The van der Waals surface area contributed by atoms with Gasteiger partial charge in [-0.05, 0) is 11.6 Å². The molecular weight excluding hydrogens is 308 g/mol. The Kier molecular flexibility index (Phi) is 4.25. The zero-order valence-corrected chi connectivity index (χ0v) is 12.0. The summed E-state index contributed by atoms with van der Waals surface area (Å²) in [6.07, 6.45) is 0. The lowest BCUT2D eigenvalue weighted by atomic mass is 9.97. The van der Waals surface area contributed by atoms with Gasteiger partial charge in [-0.25, -0.2) is 0 Å². The highest BCUT2D eigenvalue weighted by molar-refractivity contribution is 7.89. The first kappa shape index (κ1) is 15.7. The second-order valence-electron chi connectivity index (χ2n) is 4.37. The third-order valence-corrected chi connectivity index (χ3v) is 3.76. The number of anilines is 1. The second kappa shape index (κ2) is 5.96. The molecule has 0 bridgehead atoms. The molecule has 0 aliphatic heterocycles. The quantitative estimate of drug-likeness (QED) is 0.385. The molecule has 8 heteroatoms. The van der Waals surface area contributed by atoms with Gasteiger partial charge in [0.05, 0.1) is 10.5 Å². The van der Waals surface area contributed by atoms with E-state index in [4.69, 9.17) is 5.73 Å². The lowest BCUT2D eigenvalue weighted by molar-refractivity contribution is -0.411. The maximum absolute atomic E-state index is 11.5. The Bertz CT molecular complexity index is 845. The fourth-order valence-corrected chi connectivity index (χ4v) is 2.71. The van der Waals surface area contributed by atoms with Gasteiger partial charge in [0.2, 0.25) is 0 Å². The van der Waals surface area contributed by atoms with E-state index < -0.39 is 20.1 Å². The van der Waals surface area contributed by atoms with Crippen LogP contribution >= 0.6 is 0 Å². The zero-order valence-electron chi connectivity index (χ0n) is 11.2. The number of nitrogens with zero attached hydrogens (tertiary/aromatic N) is 1. The van der Waals surface area contributed by atoms with Crippen LogP contribution in [0, 0.1) is 10.1 Å². The Hall–Kier alpha value is -2.71. The molecule has 2 aromatic rings. The van der Waals surface area contributed by atoms with Gasteiger partial charge >= 0.3 is 15.1 Å². The summed E-state index contributed by atoms with van der Waals surface area (Å²) < 4.78 is 32.2. The highest BCUT2D eigenvalue weighted by atomic mass is 32.2. The highest BCUT2D eigenvalue weighted by Gasteiger charge is 2.34. The number of hydrogen-bond donors (Lipinski definition) is 2. The van der Waals surface area contributed by atoms with Crippen LogP contribution in [-0.2, 0) is 10.1 Å². The summed E-state index contributed by atoms with van der Waals surface area (Å²) >= 11 is 0. The Morgan fingerprint density at radius 3 is 2.09 bits per heavy atom. The van der Waals surface area contributed by atoms with Gasteiger partial charge in [-0.2, -0.15) is 8.42 Å². The molecule has 0 amide bonds. The minimum atomic E-state index is -5.05. The number of benzene rings is 2. The number of nitrogens with two attached hydrogens (primary N) is 1. The molecule has 0 aliphatic carbocycles. The topological polar surface area (TPSA) is 124 Å². The molecular formula is C14H12N2O5S. The Morgan fingerprint density at radius 1 is 1.05 bits per heavy atom. The summed E-state index contributed by atoms with van der Waals surface area (Å²) in [5.74, 6) is 0. The fraction of sp³-hybridized carbons (Fsp3) is 0. The number of nitro groups is 1. The van der Waals surface area contributed by atoms with Crippen molar-refractivity contribution in [1.29, 1.82) is 0 Å². The van der Waals surface area contributed by atoms with Crippen LogP contribution in [0.25, 0.3) is 5.57 Å². The van der Waals surface area contributed by atoms with Crippen LogP contribution in [0.4, 0.5) is 5.69 Å². The van der Waals surface area contributed by atoms with Gasteiger partial charge in [0.1, 0.15) is 0 Å². The van der Waals surface area contributed by atoms with Crippen LogP contribution in [0.3, 0.4) is 0 Å². The second-order valence-corrected chi connectivity index (χ2v) is 5.70. The van der Waals surface area contributed by atoms with Gasteiger partial charge in [0.25, 0.3) is 0 Å². The predicted molar refractivity (Wildman–Crippen MR) is 81.9 cm³/mol. The molecule has 2 aromatic carbocycles. The summed E-state index contributed by atoms with van der Waals surface area (Å²) in [6.45, 7) is 0. The zero-order chi connectivity index (χ0) is 16.3. The fourth-order valence-electron chi connectivity index (χ4n) is 2.04. The first-order chi connectivity index (χ1) is 10.3.